The molecule has 0 aromatic rings. The SMILES string of the molecule is C[C@@H]1C[C@H](O)CC(C)(C)[C@H]1CC[C@H](O)CO[C@H]1O[C@H](CO)[C@@H](O)[C@H](O)[C@H]1O. The van der Waals surface area contributed by atoms with E-state index in [1.807, 2.05) is 0 Å². The third-order valence-corrected chi connectivity index (χ3v) is 6.21. The fourth-order valence-corrected chi connectivity index (χ4v) is 4.75. The van der Waals surface area contributed by atoms with E-state index >= 15 is 0 Å². The third-order valence-electron chi connectivity index (χ3n) is 6.21. The molecule has 0 amide bonds. The van der Waals surface area contributed by atoms with Gasteiger partial charge in [-0.2, -0.15) is 0 Å². The quantitative estimate of drug-likeness (QED) is 0.337. The number of aliphatic hydroxyl groups is 6. The first kappa shape index (κ1) is 23.0. The molecular weight excluding hydrogens is 356 g/mol. The highest BCUT2D eigenvalue weighted by Crippen LogP contribution is 2.46. The van der Waals surface area contributed by atoms with Crippen molar-refractivity contribution in [3.63, 3.8) is 0 Å². The molecule has 160 valence electrons. The monoisotopic (exact) mass is 392 g/mol. The lowest BCUT2D eigenvalue weighted by atomic mass is 9.61. The van der Waals surface area contributed by atoms with Crippen LogP contribution in [0.1, 0.15) is 46.5 Å². The smallest absolute Gasteiger partial charge is 0.186 e. The molecule has 2 fully saturated rings. The van der Waals surface area contributed by atoms with Crippen molar-refractivity contribution in [3.05, 3.63) is 0 Å². The molecule has 1 saturated heterocycles. The highest BCUT2D eigenvalue weighted by Gasteiger charge is 2.44. The summed E-state index contributed by atoms with van der Waals surface area (Å²) in [4.78, 5) is 0. The van der Waals surface area contributed by atoms with Gasteiger partial charge in [-0.15, -0.1) is 0 Å². The fourth-order valence-electron chi connectivity index (χ4n) is 4.75. The molecule has 1 aliphatic carbocycles. The fraction of sp³-hybridized carbons (Fsp3) is 1.00. The molecule has 0 radical (unpaired) electrons. The van der Waals surface area contributed by atoms with Crippen LogP contribution in [0, 0.1) is 17.3 Å². The topological polar surface area (TPSA) is 140 Å². The minimum absolute atomic E-state index is 0.00503. The predicted octanol–water partition coefficient (Wildman–Crippen LogP) is -0.623. The first-order chi connectivity index (χ1) is 12.6. The number of rotatable bonds is 7. The van der Waals surface area contributed by atoms with Gasteiger partial charge in [-0.3, -0.25) is 0 Å². The lowest BCUT2D eigenvalue weighted by Crippen LogP contribution is -2.59. The summed E-state index contributed by atoms with van der Waals surface area (Å²) >= 11 is 0. The molecule has 27 heavy (non-hydrogen) atoms. The van der Waals surface area contributed by atoms with Crippen molar-refractivity contribution in [3.8, 4) is 0 Å². The maximum atomic E-state index is 10.3. The van der Waals surface area contributed by atoms with Crippen LogP contribution in [0.2, 0.25) is 0 Å². The molecule has 1 aliphatic heterocycles. The van der Waals surface area contributed by atoms with E-state index in [2.05, 4.69) is 20.8 Å². The number of ether oxygens (including phenoxy) is 2. The molecule has 8 nitrogen and oxygen atoms in total. The van der Waals surface area contributed by atoms with Crippen molar-refractivity contribution in [1.29, 1.82) is 0 Å². The molecule has 1 heterocycles. The molecule has 0 spiro atoms. The Kier molecular flexibility index (Phi) is 8.04. The Bertz CT molecular complexity index is 457. The van der Waals surface area contributed by atoms with Crippen LogP contribution in [-0.2, 0) is 9.47 Å². The largest absolute Gasteiger partial charge is 0.394 e. The molecule has 0 aromatic heterocycles. The normalized spacial score (nSPS) is 43.4. The second-order valence-electron chi connectivity index (χ2n) is 8.93. The zero-order valence-electron chi connectivity index (χ0n) is 16.4. The van der Waals surface area contributed by atoms with Crippen LogP contribution < -0.4 is 0 Å². The van der Waals surface area contributed by atoms with Crippen LogP contribution in [0.25, 0.3) is 0 Å². The third kappa shape index (κ3) is 5.61. The van der Waals surface area contributed by atoms with Gasteiger partial charge in [0.2, 0.25) is 0 Å². The second-order valence-corrected chi connectivity index (χ2v) is 8.93. The van der Waals surface area contributed by atoms with Gasteiger partial charge >= 0.3 is 0 Å². The maximum absolute atomic E-state index is 10.3. The lowest BCUT2D eigenvalue weighted by Gasteiger charge is -2.45. The van der Waals surface area contributed by atoms with Gasteiger partial charge in [-0.25, -0.2) is 0 Å². The van der Waals surface area contributed by atoms with Gasteiger partial charge in [0.15, 0.2) is 6.29 Å². The summed E-state index contributed by atoms with van der Waals surface area (Å²) in [5, 5.41) is 58.9. The summed E-state index contributed by atoms with van der Waals surface area (Å²) in [6.07, 6.45) is -4.87. The Hall–Kier alpha value is -0.320. The van der Waals surface area contributed by atoms with Crippen LogP contribution in [0.15, 0.2) is 0 Å². The summed E-state index contributed by atoms with van der Waals surface area (Å²) in [6.45, 7) is 5.81. The maximum Gasteiger partial charge on any atom is 0.186 e. The van der Waals surface area contributed by atoms with Crippen LogP contribution in [-0.4, -0.2) is 86.8 Å². The van der Waals surface area contributed by atoms with E-state index in [1.165, 1.54) is 0 Å². The van der Waals surface area contributed by atoms with Crippen molar-refractivity contribution in [2.75, 3.05) is 13.2 Å². The molecule has 0 aromatic carbocycles. The number of hydrogen-bond donors (Lipinski definition) is 6. The Morgan fingerprint density at radius 3 is 2.37 bits per heavy atom. The Labute approximate surface area is 160 Å². The Morgan fingerprint density at radius 1 is 1.11 bits per heavy atom. The molecule has 6 N–H and O–H groups in total. The molecule has 1 saturated carbocycles. The zero-order chi connectivity index (χ0) is 20.4. The van der Waals surface area contributed by atoms with Crippen molar-refractivity contribution in [2.45, 2.75) is 89.4 Å². The second kappa shape index (κ2) is 9.45. The van der Waals surface area contributed by atoms with E-state index < -0.39 is 43.4 Å². The molecule has 0 bridgehead atoms. The van der Waals surface area contributed by atoms with Crippen LogP contribution in [0.4, 0.5) is 0 Å². The van der Waals surface area contributed by atoms with Gasteiger partial charge in [0, 0.05) is 0 Å². The van der Waals surface area contributed by atoms with E-state index in [-0.39, 0.29) is 18.1 Å². The van der Waals surface area contributed by atoms with E-state index in [0.29, 0.717) is 18.3 Å². The minimum Gasteiger partial charge on any atom is -0.394 e. The number of hydrogen-bond acceptors (Lipinski definition) is 8. The Morgan fingerprint density at radius 2 is 1.78 bits per heavy atom. The van der Waals surface area contributed by atoms with E-state index in [1.54, 1.807) is 0 Å². The van der Waals surface area contributed by atoms with E-state index in [4.69, 9.17) is 9.47 Å². The van der Waals surface area contributed by atoms with Gasteiger partial charge < -0.3 is 40.1 Å². The average molecular weight is 392 g/mol. The average Bonchev–Trinajstić information content (AvgIpc) is 2.57. The van der Waals surface area contributed by atoms with Crippen LogP contribution in [0.3, 0.4) is 0 Å². The summed E-state index contributed by atoms with van der Waals surface area (Å²) < 4.78 is 10.7. The van der Waals surface area contributed by atoms with Crippen molar-refractivity contribution in [1.82, 2.24) is 0 Å². The molecule has 0 unspecified atom stereocenters. The highest BCUT2D eigenvalue weighted by atomic mass is 16.7. The molecule has 9 atom stereocenters. The molecule has 2 aliphatic rings. The van der Waals surface area contributed by atoms with E-state index in [9.17, 15) is 30.6 Å². The van der Waals surface area contributed by atoms with Crippen molar-refractivity contribution < 1.29 is 40.1 Å². The molecular formula is C19H36O8. The van der Waals surface area contributed by atoms with Gasteiger partial charge in [0.25, 0.3) is 0 Å². The number of aliphatic hydroxyl groups excluding tert-OH is 6. The molecule has 8 heteroatoms. The summed E-state index contributed by atoms with van der Waals surface area (Å²) in [5.41, 5.74) is -0.00503. The minimum atomic E-state index is -1.49. The first-order valence-electron chi connectivity index (χ1n) is 9.85. The summed E-state index contributed by atoms with van der Waals surface area (Å²) in [5.74, 6) is 0.741. The van der Waals surface area contributed by atoms with Gasteiger partial charge in [-0.05, 0) is 42.9 Å². The zero-order valence-corrected chi connectivity index (χ0v) is 16.4. The highest BCUT2D eigenvalue weighted by molar-refractivity contribution is 4.91. The van der Waals surface area contributed by atoms with Gasteiger partial charge in [-0.1, -0.05) is 20.8 Å². The van der Waals surface area contributed by atoms with Crippen molar-refractivity contribution >= 4 is 0 Å². The van der Waals surface area contributed by atoms with E-state index in [0.717, 1.165) is 19.3 Å². The lowest BCUT2D eigenvalue weighted by molar-refractivity contribution is -0.304. The molecule has 2 rings (SSSR count). The van der Waals surface area contributed by atoms with Crippen molar-refractivity contribution in [2.24, 2.45) is 17.3 Å². The summed E-state index contributed by atoms with van der Waals surface area (Å²) in [6, 6.07) is 0. The summed E-state index contributed by atoms with van der Waals surface area (Å²) in [7, 11) is 0. The Balaban J connectivity index is 1.81. The van der Waals surface area contributed by atoms with Gasteiger partial charge in [0.1, 0.15) is 24.4 Å². The van der Waals surface area contributed by atoms with Crippen LogP contribution in [0.5, 0.6) is 0 Å². The first-order valence-corrected chi connectivity index (χ1v) is 9.85. The van der Waals surface area contributed by atoms with Crippen LogP contribution >= 0.6 is 0 Å². The standard InChI is InChI=1S/C19H36O8/c1-10-6-12(22)7-19(2,3)13(10)5-4-11(21)9-26-18-17(25)16(24)15(23)14(8-20)27-18/h10-18,20-25H,4-9H2,1-3H3/t10-,11+,12+,13+,14-,15-,16+,17-,18+/m1/s1. The predicted molar refractivity (Wildman–Crippen MR) is 96.6 cm³/mol. The van der Waals surface area contributed by atoms with Gasteiger partial charge in [0.05, 0.1) is 25.4 Å².